The molecular formula is C11H15NO3. The Balaban J connectivity index is 2.75. The highest BCUT2D eigenvalue weighted by molar-refractivity contribution is 5.79. The zero-order chi connectivity index (χ0) is 11.3. The molecule has 0 aromatic heterocycles. The van der Waals surface area contributed by atoms with Gasteiger partial charge >= 0.3 is 5.97 Å². The van der Waals surface area contributed by atoms with E-state index in [9.17, 15) is 9.90 Å². The van der Waals surface area contributed by atoms with E-state index in [1.165, 1.54) is 7.11 Å². The normalized spacial score (nSPS) is 11.9. The molecular weight excluding hydrogens is 194 g/mol. The van der Waals surface area contributed by atoms with Crippen LogP contribution in [-0.2, 0) is 9.53 Å². The molecule has 1 aromatic rings. The summed E-state index contributed by atoms with van der Waals surface area (Å²) < 4.78 is 4.63. The lowest BCUT2D eigenvalue weighted by atomic mass is 10.2. The molecule has 15 heavy (non-hydrogen) atoms. The van der Waals surface area contributed by atoms with Crippen molar-refractivity contribution >= 4 is 11.7 Å². The fourth-order valence-corrected chi connectivity index (χ4v) is 1.25. The van der Waals surface area contributed by atoms with E-state index in [0.717, 1.165) is 0 Å². The Kier molecular flexibility index (Phi) is 3.97. The van der Waals surface area contributed by atoms with Crippen molar-refractivity contribution < 1.29 is 14.6 Å². The maximum absolute atomic E-state index is 11.3. The Hall–Kier alpha value is -1.71. The summed E-state index contributed by atoms with van der Waals surface area (Å²) in [5.74, 6) is -0.208. The van der Waals surface area contributed by atoms with Gasteiger partial charge in [-0.1, -0.05) is 19.1 Å². The second kappa shape index (κ2) is 5.24. The summed E-state index contributed by atoms with van der Waals surface area (Å²) >= 11 is 0. The summed E-state index contributed by atoms with van der Waals surface area (Å²) in [6.45, 7) is 1.87. The van der Waals surface area contributed by atoms with Crippen molar-refractivity contribution in [3.05, 3.63) is 24.3 Å². The molecule has 1 atom stereocenters. The number of benzene rings is 1. The fourth-order valence-electron chi connectivity index (χ4n) is 1.25. The van der Waals surface area contributed by atoms with E-state index < -0.39 is 6.04 Å². The van der Waals surface area contributed by atoms with Crippen LogP contribution < -0.4 is 5.32 Å². The molecule has 1 unspecified atom stereocenters. The molecule has 82 valence electrons. The number of hydrogen-bond acceptors (Lipinski definition) is 4. The Labute approximate surface area is 88.9 Å². The number of carbonyl (C=O) groups is 1. The number of rotatable bonds is 4. The third-order valence-corrected chi connectivity index (χ3v) is 2.13. The van der Waals surface area contributed by atoms with Gasteiger partial charge in [0.2, 0.25) is 0 Å². The van der Waals surface area contributed by atoms with E-state index in [1.807, 2.05) is 6.92 Å². The van der Waals surface area contributed by atoms with E-state index >= 15 is 0 Å². The van der Waals surface area contributed by atoms with E-state index in [1.54, 1.807) is 24.3 Å². The van der Waals surface area contributed by atoms with Crippen LogP contribution in [0, 0.1) is 0 Å². The van der Waals surface area contributed by atoms with E-state index in [-0.39, 0.29) is 11.7 Å². The number of phenolic OH excluding ortho intramolecular Hbond substituents is 1. The standard InChI is InChI=1S/C11H15NO3/c1-3-8(11(14)15-2)12-9-6-4-5-7-10(9)13/h4-8,12-13H,3H2,1-2H3. The zero-order valence-electron chi connectivity index (χ0n) is 8.86. The van der Waals surface area contributed by atoms with Gasteiger partial charge in [-0.2, -0.15) is 0 Å². The monoisotopic (exact) mass is 209 g/mol. The number of phenols is 1. The van der Waals surface area contributed by atoms with Crippen molar-refractivity contribution in [3.63, 3.8) is 0 Å². The number of nitrogens with one attached hydrogen (secondary N) is 1. The molecule has 0 fully saturated rings. The Morgan fingerprint density at radius 1 is 1.53 bits per heavy atom. The average Bonchev–Trinajstić information content (AvgIpc) is 2.27. The number of esters is 1. The molecule has 0 bridgehead atoms. The van der Waals surface area contributed by atoms with Gasteiger partial charge < -0.3 is 15.2 Å². The molecule has 0 spiro atoms. The van der Waals surface area contributed by atoms with Crippen molar-refractivity contribution in [3.8, 4) is 5.75 Å². The topological polar surface area (TPSA) is 58.6 Å². The SMILES string of the molecule is CCC(Nc1ccccc1O)C(=O)OC. The van der Waals surface area contributed by atoms with Crippen molar-refractivity contribution in [1.29, 1.82) is 0 Å². The van der Waals surface area contributed by atoms with Crippen molar-refractivity contribution in [2.24, 2.45) is 0 Å². The minimum Gasteiger partial charge on any atom is -0.506 e. The molecule has 0 saturated carbocycles. The molecule has 0 aliphatic rings. The molecule has 0 heterocycles. The molecule has 0 radical (unpaired) electrons. The van der Waals surface area contributed by atoms with Crippen molar-refractivity contribution in [2.75, 3.05) is 12.4 Å². The predicted octanol–water partition coefficient (Wildman–Crippen LogP) is 1.76. The van der Waals surface area contributed by atoms with Crippen LogP contribution in [-0.4, -0.2) is 24.2 Å². The molecule has 1 rings (SSSR count). The lowest BCUT2D eigenvalue weighted by Crippen LogP contribution is -2.29. The van der Waals surface area contributed by atoms with Gasteiger partial charge in [-0.3, -0.25) is 0 Å². The molecule has 0 amide bonds. The predicted molar refractivity (Wildman–Crippen MR) is 57.8 cm³/mol. The number of methoxy groups -OCH3 is 1. The zero-order valence-corrected chi connectivity index (χ0v) is 8.86. The second-order valence-corrected chi connectivity index (χ2v) is 3.15. The number of anilines is 1. The van der Waals surface area contributed by atoms with Gasteiger partial charge in [0.15, 0.2) is 0 Å². The minimum absolute atomic E-state index is 0.125. The molecule has 0 aliphatic carbocycles. The number of aromatic hydroxyl groups is 1. The maximum Gasteiger partial charge on any atom is 0.328 e. The number of hydrogen-bond donors (Lipinski definition) is 2. The Morgan fingerprint density at radius 3 is 2.73 bits per heavy atom. The largest absolute Gasteiger partial charge is 0.506 e. The number of para-hydroxylation sites is 2. The maximum atomic E-state index is 11.3. The second-order valence-electron chi connectivity index (χ2n) is 3.15. The number of carbonyl (C=O) groups excluding carboxylic acids is 1. The van der Waals surface area contributed by atoms with Gasteiger partial charge in [0.1, 0.15) is 11.8 Å². The van der Waals surface area contributed by atoms with Crippen molar-refractivity contribution in [2.45, 2.75) is 19.4 Å². The first-order chi connectivity index (χ1) is 7.19. The summed E-state index contributed by atoms with van der Waals surface area (Å²) in [7, 11) is 1.34. The van der Waals surface area contributed by atoms with Crippen LogP contribution in [0.5, 0.6) is 5.75 Å². The summed E-state index contributed by atoms with van der Waals surface area (Å²) in [6, 6.07) is 6.35. The number of ether oxygens (including phenoxy) is 1. The lowest BCUT2D eigenvalue weighted by Gasteiger charge is -2.16. The first kappa shape index (κ1) is 11.4. The first-order valence-corrected chi connectivity index (χ1v) is 4.81. The van der Waals surface area contributed by atoms with Crippen LogP contribution in [0.3, 0.4) is 0 Å². The lowest BCUT2D eigenvalue weighted by molar-refractivity contribution is -0.141. The molecule has 4 nitrogen and oxygen atoms in total. The van der Waals surface area contributed by atoms with Gasteiger partial charge in [-0.15, -0.1) is 0 Å². The molecule has 1 aromatic carbocycles. The highest BCUT2D eigenvalue weighted by Gasteiger charge is 2.17. The van der Waals surface area contributed by atoms with E-state index in [0.29, 0.717) is 12.1 Å². The highest BCUT2D eigenvalue weighted by atomic mass is 16.5. The average molecular weight is 209 g/mol. The van der Waals surface area contributed by atoms with Crippen LogP contribution in [0.2, 0.25) is 0 Å². The van der Waals surface area contributed by atoms with Crippen LogP contribution in [0.1, 0.15) is 13.3 Å². The van der Waals surface area contributed by atoms with E-state index in [2.05, 4.69) is 10.1 Å². The summed E-state index contributed by atoms with van der Waals surface area (Å²) in [6.07, 6.45) is 0.598. The summed E-state index contributed by atoms with van der Waals surface area (Å²) in [5.41, 5.74) is 0.537. The molecule has 0 saturated heterocycles. The Morgan fingerprint density at radius 2 is 2.20 bits per heavy atom. The molecule has 2 N–H and O–H groups in total. The van der Waals surface area contributed by atoms with Crippen LogP contribution in [0.25, 0.3) is 0 Å². The van der Waals surface area contributed by atoms with Gasteiger partial charge in [0.05, 0.1) is 12.8 Å². The highest BCUT2D eigenvalue weighted by Crippen LogP contribution is 2.22. The van der Waals surface area contributed by atoms with Crippen LogP contribution >= 0.6 is 0 Å². The molecule has 4 heteroatoms. The fraction of sp³-hybridized carbons (Fsp3) is 0.364. The minimum atomic E-state index is -0.428. The summed E-state index contributed by atoms with van der Waals surface area (Å²) in [4.78, 5) is 11.3. The van der Waals surface area contributed by atoms with Crippen LogP contribution in [0.15, 0.2) is 24.3 Å². The van der Waals surface area contributed by atoms with E-state index in [4.69, 9.17) is 0 Å². The van der Waals surface area contributed by atoms with Crippen LogP contribution in [0.4, 0.5) is 5.69 Å². The first-order valence-electron chi connectivity index (χ1n) is 4.81. The molecule has 0 aliphatic heterocycles. The summed E-state index contributed by atoms with van der Waals surface area (Å²) in [5, 5.41) is 12.4. The smallest absolute Gasteiger partial charge is 0.328 e. The van der Waals surface area contributed by atoms with Crippen molar-refractivity contribution in [1.82, 2.24) is 0 Å². The quantitative estimate of drug-likeness (QED) is 0.586. The van der Waals surface area contributed by atoms with Gasteiger partial charge in [-0.05, 0) is 18.6 Å². The third-order valence-electron chi connectivity index (χ3n) is 2.13. The Bertz CT molecular complexity index is 338. The van der Waals surface area contributed by atoms with Gasteiger partial charge in [0.25, 0.3) is 0 Å². The van der Waals surface area contributed by atoms with Gasteiger partial charge in [0, 0.05) is 0 Å². The third kappa shape index (κ3) is 2.87. The van der Waals surface area contributed by atoms with Gasteiger partial charge in [-0.25, -0.2) is 4.79 Å².